The summed E-state index contributed by atoms with van der Waals surface area (Å²) in [5.74, 6) is -3.14. The molecule has 3 aliphatic rings. The van der Waals surface area contributed by atoms with Crippen molar-refractivity contribution < 1.29 is 68.6 Å². The maximum absolute atomic E-state index is 14.2. The van der Waals surface area contributed by atoms with E-state index in [0.717, 1.165) is 12.0 Å². The third-order valence-electron chi connectivity index (χ3n) is 14.7. The van der Waals surface area contributed by atoms with E-state index in [0.29, 0.717) is 18.9 Å². The van der Waals surface area contributed by atoms with Gasteiger partial charge in [0.05, 0.1) is 47.5 Å². The van der Waals surface area contributed by atoms with Crippen LogP contribution >= 0.6 is 46.4 Å². The van der Waals surface area contributed by atoms with E-state index in [1.807, 2.05) is 76.0 Å². The van der Waals surface area contributed by atoms with Crippen LogP contribution in [0.1, 0.15) is 133 Å². The van der Waals surface area contributed by atoms with Crippen molar-refractivity contribution in [3.05, 3.63) is 35.4 Å². The lowest BCUT2D eigenvalue weighted by Gasteiger charge is -2.48. The Morgan fingerprint density at radius 2 is 1.47 bits per heavy atom. The summed E-state index contributed by atoms with van der Waals surface area (Å²) < 4.78 is 35.9. The third kappa shape index (κ3) is 19.4. The monoisotopic (exact) mass is 1110 g/mol. The second-order valence-corrected chi connectivity index (χ2v) is 25.4. The fourth-order valence-electron chi connectivity index (χ4n) is 10.3. The predicted octanol–water partition coefficient (Wildman–Crippen LogP) is 7.53. The fourth-order valence-corrected chi connectivity index (χ4v) is 10.3. The van der Waals surface area contributed by atoms with Crippen LogP contribution in [0.2, 0.25) is 0 Å². The SMILES string of the molecule is CC(C)Cc1ccc(C(C)C(=O)O)cc1.CC[C@H]1OC(=O)[C@H](C)[C@@H](O[C@H]2C[C@@](C)(OC)[C@@H](O)[C@H](C)O2)[C@H](C)[C@@H](O[C@@H]2O[C@H](C)C[C@H](N(C)C)[C@H]2O)[C@](C)(O)C[C@@H](C)CN(C)[C@H](C)[C@@H](O)[C@]1(C)O.ClC(Cl)(Cl)Cl. The highest BCUT2D eigenvalue weighted by Crippen LogP contribution is 2.40. The molecule has 72 heavy (non-hydrogen) atoms. The van der Waals surface area contributed by atoms with E-state index in [-0.39, 0.29) is 37.3 Å². The molecule has 0 bridgehead atoms. The Bertz CT molecular complexity index is 1790. The number of ether oxygens (including phenoxy) is 6. The minimum absolute atomic E-state index is 0.133. The van der Waals surface area contributed by atoms with Crippen molar-refractivity contribution in [2.24, 2.45) is 23.7 Å². The number of alkyl halides is 4. The number of carbonyl (C=O) groups is 2. The number of hydrogen-bond acceptors (Lipinski definition) is 15. The molecule has 6 N–H and O–H groups in total. The molecule has 3 heterocycles. The van der Waals surface area contributed by atoms with Crippen LogP contribution < -0.4 is 0 Å². The molecular weight excluding hydrogens is 1020 g/mol. The minimum Gasteiger partial charge on any atom is -0.481 e. The number of methoxy groups -OCH3 is 1. The van der Waals surface area contributed by atoms with Gasteiger partial charge in [-0.15, -0.1) is 0 Å². The number of nitrogens with zero attached hydrogens (tertiary/aromatic N) is 2. The highest BCUT2D eigenvalue weighted by atomic mass is 35.6. The number of carboxylic acids is 1. The summed E-state index contributed by atoms with van der Waals surface area (Å²) >= 11 is 19.3. The molecule has 1 aromatic carbocycles. The van der Waals surface area contributed by atoms with Crippen LogP contribution in [0, 0.1) is 23.7 Å². The molecule has 19 atom stereocenters. The van der Waals surface area contributed by atoms with Crippen molar-refractivity contribution in [2.75, 3.05) is 34.8 Å². The summed E-state index contributed by atoms with van der Waals surface area (Å²) in [6.45, 7) is 24.1. The highest BCUT2D eigenvalue weighted by molar-refractivity contribution is 6.83. The molecule has 0 aromatic heterocycles. The summed E-state index contributed by atoms with van der Waals surface area (Å²) in [6.07, 6.45) is -7.15. The zero-order chi connectivity index (χ0) is 55.6. The predicted molar refractivity (Wildman–Crippen MR) is 281 cm³/mol. The average Bonchev–Trinajstić information content (AvgIpc) is 3.26. The summed E-state index contributed by atoms with van der Waals surface area (Å²) in [5, 5.41) is 67.0. The van der Waals surface area contributed by atoms with Gasteiger partial charge in [0.15, 0.2) is 12.6 Å². The summed E-state index contributed by atoms with van der Waals surface area (Å²) in [7, 11) is 7.12. The molecule has 0 saturated carbocycles. The summed E-state index contributed by atoms with van der Waals surface area (Å²) in [6, 6.07) is 7.06. The second kappa shape index (κ2) is 28.5. The molecule has 420 valence electrons. The van der Waals surface area contributed by atoms with Crippen molar-refractivity contribution in [1.29, 1.82) is 0 Å². The molecule has 0 aliphatic carbocycles. The first-order chi connectivity index (χ1) is 32.9. The van der Waals surface area contributed by atoms with E-state index >= 15 is 0 Å². The smallest absolute Gasteiger partial charge is 0.311 e. The number of benzene rings is 1. The first-order valence-electron chi connectivity index (χ1n) is 25.2. The van der Waals surface area contributed by atoms with E-state index in [2.05, 4.69) is 13.8 Å². The number of aliphatic hydroxyl groups is 5. The maximum Gasteiger partial charge on any atom is 0.311 e. The van der Waals surface area contributed by atoms with Gasteiger partial charge in [-0.05, 0) is 125 Å². The maximum atomic E-state index is 14.2. The third-order valence-corrected chi connectivity index (χ3v) is 14.7. The Hall–Kier alpha value is -1.16. The number of carbonyl (C=O) groups excluding carboxylic acids is 1. The lowest BCUT2D eigenvalue weighted by molar-refractivity contribution is -0.318. The number of likely N-dealkylation sites (N-methyl/N-ethyl adjacent to an activating group) is 2. The zero-order valence-corrected chi connectivity index (χ0v) is 48.7. The van der Waals surface area contributed by atoms with Gasteiger partial charge in [-0.1, -0.05) is 105 Å². The Morgan fingerprint density at radius 1 is 0.917 bits per heavy atom. The van der Waals surface area contributed by atoms with Gasteiger partial charge in [-0.3, -0.25) is 9.59 Å². The zero-order valence-electron chi connectivity index (χ0n) is 45.7. The van der Waals surface area contributed by atoms with Crippen LogP contribution in [-0.4, -0.2) is 181 Å². The normalized spacial score (nSPS) is 39.3. The summed E-state index contributed by atoms with van der Waals surface area (Å²) in [4.78, 5) is 28.8. The topological polar surface area (TPSA) is 217 Å². The number of rotatable bonds is 11. The molecule has 0 radical (unpaired) electrons. The number of aliphatic hydroxyl groups excluding tert-OH is 3. The molecule has 3 fully saturated rings. The van der Waals surface area contributed by atoms with Crippen molar-refractivity contribution >= 4 is 58.3 Å². The van der Waals surface area contributed by atoms with Crippen molar-refractivity contribution in [3.8, 4) is 0 Å². The average molecular weight is 1110 g/mol. The van der Waals surface area contributed by atoms with Crippen LogP contribution in [0.15, 0.2) is 24.3 Å². The molecule has 3 aliphatic heterocycles. The van der Waals surface area contributed by atoms with E-state index in [9.17, 15) is 35.1 Å². The number of carboxylic acid groups (broad SMARTS) is 1. The second-order valence-electron chi connectivity index (χ2n) is 22.0. The first kappa shape index (κ1) is 67.0. The number of halogens is 4. The summed E-state index contributed by atoms with van der Waals surface area (Å²) in [5.41, 5.74) is -2.23. The quantitative estimate of drug-likeness (QED) is 0.0933. The van der Waals surface area contributed by atoms with E-state index < -0.39 is 111 Å². The van der Waals surface area contributed by atoms with Gasteiger partial charge in [-0.2, -0.15) is 0 Å². The van der Waals surface area contributed by atoms with Gasteiger partial charge in [0.2, 0.25) is 0 Å². The highest BCUT2D eigenvalue weighted by Gasteiger charge is 2.52. The molecule has 20 heteroatoms. The number of aliphatic carboxylic acids is 1. The molecule has 4 rings (SSSR count). The van der Waals surface area contributed by atoms with E-state index in [1.165, 1.54) is 19.6 Å². The largest absolute Gasteiger partial charge is 0.481 e. The Morgan fingerprint density at radius 3 is 1.96 bits per heavy atom. The van der Waals surface area contributed by atoms with Gasteiger partial charge in [0.25, 0.3) is 3.25 Å². The van der Waals surface area contributed by atoms with E-state index in [1.54, 1.807) is 48.5 Å². The van der Waals surface area contributed by atoms with Crippen molar-refractivity contribution in [2.45, 2.75) is 222 Å². The van der Waals surface area contributed by atoms with Crippen LogP contribution in [-0.2, 0) is 44.4 Å². The molecular formula is C52H90Cl4N2O14. The Kier molecular flexibility index (Phi) is 26.5. The first-order valence-corrected chi connectivity index (χ1v) is 26.7. The van der Waals surface area contributed by atoms with Crippen molar-refractivity contribution in [1.82, 2.24) is 9.80 Å². The Labute approximate surface area is 450 Å². The standard InChI is InChI=1S/C38H72N2O12.C13H18O2.CCl4/c1-15-27-38(10,46)31(42)24(6)40(13)19-20(2)17-36(8,45)33(52-35-29(41)26(39(11)12)16-21(3)48-35)22(4)30(23(5)34(44)50-27)51-28-18-37(9,47-14)32(43)25(7)49-28;1-9(2)8-11-4-6-12(7-5-11)10(3)13(14)15;2-1(3,4)5/h20-33,35,41-43,45-46H,15-19H2,1-14H3;4-7,9-10H,8H2,1-3H3,(H,14,15);/t20-,21-,22+,23-,24-,25+,26+,27-,28+,29-,30+,31-,32+,33-,35+,36-,37-,38-;;/m1../s1. The number of cyclic esters (lactones) is 1. The molecule has 0 spiro atoms. The van der Waals surface area contributed by atoms with Gasteiger partial charge in [-0.25, -0.2) is 0 Å². The van der Waals surface area contributed by atoms with Crippen LogP contribution in [0.25, 0.3) is 0 Å². The fraction of sp³-hybridized carbons (Fsp3) is 0.846. The number of esters is 1. The van der Waals surface area contributed by atoms with Gasteiger partial charge in [0, 0.05) is 38.1 Å². The van der Waals surface area contributed by atoms with Crippen LogP contribution in [0.3, 0.4) is 0 Å². The molecule has 1 aromatic rings. The van der Waals surface area contributed by atoms with Crippen molar-refractivity contribution in [3.63, 3.8) is 0 Å². The van der Waals surface area contributed by atoms with Crippen LogP contribution in [0.5, 0.6) is 0 Å². The molecule has 16 nitrogen and oxygen atoms in total. The molecule has 0 amide bonds. The lowest BCUT2D eigenvalue weighted by Crippen LogP contribution is -2.60. The van der Waals surface area contributed by atoms with Crippen LogP contribution in [0.4, 0.5) is 0 Å². The molecule has 1 unspecified atom stereocenters. The molecule has 3 saturated heterocycles. The van der Waals surface area contributed by atoms with Gasteiger partial charge in [0.1, 0.15) is 30.0 Å². The number of hydrogen-bond donors (Lipinski definition) is 6. The lowest BCUT2D eigenvalue weighted by atomic mass is 9.77. The van der Waals surface area contributed by atoms with Gasteiger partial charge < -0.3 is 68.9 Å². The Balaban J connectivity index is 0.000000736. The minimum atomic E-state index is -1.80. The van der Waals surface area contributed by atoms with Gasteiger partial charge >= 0.3 is 11.9 Å². The van der Waals surface area contributed by atoms with E-state index in [4.69, 9.17) is 79.9 Å².